The summed E-state index contributed by atoms with van der Waals surface area (Å²) < 4.78 is 23.8. The number of hydrogen-bond acceptors (Lipinski definition) is 3. The molecule has 1 aromatic carbocycles. The van der Waals surface area contributed by atoms with Gasteiger partial charge in [-0.25, -0.2) is 4.39 Å². The molecule has 0 aromatic heterocycles. The van der Waals surface area contributed by atoms with E-state index in [4.69, 9.17) is 14.7 Å². The number of nitriles is 1. The van der Waals surface area contributed by atoms with Gasteiger partial charge < -0.3 is 9.47 Å². The molecule has 0 aliphatic carbocycles. The molecule has 1 unspecified atom stereocenters. The molecule has 1 atom stereocenters. The molecule has 90 valence electrons. The number of rotatable bonds is 4. The van der Waals surface area contributed by atoms with Gasteiger partial charge in [-0.15, -0.1) is 0 Å². The van der Waals surface area contributed by atoms with Gasteiger partial charge in [0.25, 0.3) is 0 Å². The number of hydrogen-bond donors (Lipinski definition) is 0. The molecule has 0 amide bonds. The summed E-state index contributed by atoms with van der Waals surface area (Å²) in [7, 11) is 0. The van der Waals surface area contributed by atoms with Crippen LogP contribution in [0.3, 0.4) is 0 Å². The lowest BCUT2D eigenvalue weighted by Gasteiger charge is -2.09. The van der Waals surface area contributed by atoms with Gasteiger partial charge in [-0.3, -0.25) is 0 Å². The van der Waals surface area contributed by atoms with Crippen LogP contribution >= 0.6 is 0 Å². The van der Waals surface area contributed by atoms with Crippen LogP contribution in [0.2, 0.25) is 0 Å². The lowest BCUT2D eigenvalue weighted by Crippen LogP contribution is -2.09. The maximum atomic E-state index is 13.0. The van der Waals surface area contributed by atoms with E-state index in [1.807, 2.05) is 6.07 Å². The molecule has 1 saturated heterocycles. The Labute approximate surface area is 99.8 Å². The standard InChI is InChI=1S/C13H14FNO2/c14-13-2-1-11(6-15)12(5-13)9-17-8-10-3-4-16-7-10/h1-2,5,10H,3-4,7-9H2. The SMILES string of the molecule is N#Cc1ccc(F)cc1COCC1CCOC1. The van der Waals surface area contributed by atoms with Crippen LogP contribution in [0, 0.1) is 23.1 Å². The second-order valence-electron chi connectivity index (χ2n) is 4.16. The van der Waals surface area contributed by atoms with Crippen molar-refractivity contribution in [2.75, 3.05) is 19.8 Å². The third-order valence-corrected chi connectivity index (χ3v) is 2.82. The minimum atomic E-state index is -0.341. The van der Waals surface area contributed by atoms with E-state index in [1.165, 1.54) is 18.2 Å². The van der Waals surface area contributed by atoms with Gasteiger partial charge in [0, 0.05) is 12.5 Å². The molecule has 3 nitrogen and oxygen atoms in total. The molecule has 1 aromatic rings. The Hall–Kier alpha value is -1.44. The molecule has 0 N–H and O–H groups in total. The Kier molecular flexibility index (Phi) is 4.08. The molecule has 1 aliphatic rings. The quantitative estimate of drug-likeness (QED) is 0.803. The highest BCUT2D eigenvalue weighted by Gasteiger charge is 2.15. The van der Waals surface area contributed by atoms with Crippen molar-refractivity contribution in [3.63, 3.8) is 0 Å². The van der Waals surface area contributed by atoms with Crippen LogP contribution in [-0.2, 0) is 16.1 Å². The zero-order valence-electron chi connectivity index (χ0n) is 9.49. The average Bonchev–Trinajstić information content (AvgIpc) is 2.82. The van der Waals surface area contributed by atoms with Gasteiger partial charge in [0.2, 0.25) is 0 Å². The molecule has 17 heavy (non-hydrogen) atoms. The highest BCUT2D eigenvalue weighted by molar-refractivity contribution is 5.37. The summed E-state index contributed by atoms with van der Waals surface area (Å²) >= 11 is 0. The normalized spacial score (nSPS) is 19.2. The fourth-order valence-corrected chi connectivity index (χ4v) is 1.84. The Morgan fingerprint density at radius 3 is 3.12 bits per heavy atom. The summed E-state index contributed by atoms with van der Waals surface area (Å²) in [5, 5.41) is 8.87. The number of halogens is 1. The highest BCUT2D eigenvalue weighted by Crippen LogP contribution is 2.15. The second-order valence-corrected chi connectivity index (χ2v) is 4.16. The summed E-state index contributed by atoms with van der Waals surface area (Å²) in [5.41, 5.74) is 1.07. The molecular weight excluding hydrogens is 221 g/mol. The van der Waals surface area contributed by atoms with Crippen molar-refractivity contribution in [1.82, 2.24) is 0 Å². The van der Waals surface area contributed by atoms with Crippen LogP contribution in [0.15, 0.2) is 18.2 Å². The molecule has 1 heterocycles. The van der Waals surface area contributed by atoms with Crippen LogP contribution < -0.4 is 0 Å². The molecule has 0 radical (unpaired) electrons. The Morgan fingerprint density at radius 1 is 1.53 bits per heavy atom. The topological polar surface area (TPSA) is 42.2 Å². The lowest BCUT2D eigenvalue weighted by atomic mass is 10.1. The summed E-state index contributed by atoms with van der Waals surface area (Å²) in [4.78, 5) is 0. The number of ether oxygens (including phenoxy) is 2. The molecule has 2 rings (SSSR count). The molecule has 0 spiro atoms. The van der Waals surface area contributed by atoms with Crippen molar-refractivity contribution in [3.8, 4) is 6.07 Å². The van der Waals surface area contributed by atoms with Crippen LogP contribution in [0.1, 0.15) is 17.5 Å². The first-order valence-electron chi connectivity index (χ1n) is 5.63. The van der Waals surface area contributed by atoms with Crippen LogP contribution in [0.25, 0.3) is 0 Å². The zero-order valence-corrected chi connectivity index (χ0v) is 9.49. The van der Waals surface area contributed by atoms with E-state index < -0.39 is 0 Å². The van der Waals surface area contributed by atoms with E-state index in [2.05, 4.69) is 0 Å². The van der Waals surface area contributed by atoms with Gasteiger partial charge in [-0.1, -0.05) is 0 Å². The molecule has 1 fully saturated rings. The first kappa shape index (κ1) is 12.0. The number of nitrogens with zero attached hydrogens (tertiary/aromatic N) is 1. The van der Waals surface area contributed by atoms with E-state index >= 15 is 0 Å². The Morgan fingerprint density at radius 2 is 2.41 bits per heavy atom. The lowest BCUT2D eigenvalue weighted by molar-refractivity contribution is 0.0789. The molecule has 0 saturated carbocycles. The van der Waals surface area contributed by atoms with Gasteiger partial charge in [0.15, 0.2) is 0 Å². The summed E-state index contributed by atoms with van der Waals surface area (Å²) in [5.74, 6) is 0.0842. The van der Waals surface area contributed by atoms with E-state index in [0.29, 0.717) is 23.7 Å². The van der Waals surface area contributed by atoms with Crippen LogP contribution in [-0.4, -0.2) is 19.8 Å². The van der Waals surface area contributed by atoms with Crippen molar-refractivity contribution < 1.29 is 13.9 Å². The largest absolute Gasteiger partial charge is 0.381 e. The fourth-order valence-electron chi connectivity index (χ4n) is 1.84. The molecular formula is C13H14FNO2. The summed E-state index contributed by atoms with van der Waals surface area (Å²) in [6.07, 6.45) is 1.01. The van der Waals surface area contributed by atoms with Gasteiger partial charge in [0.1, 0.15) is 5.82 Å². The first-order valence-corrected chi connectivity index (χ1v) is 5.63. The van der Waals surface area contributed by atoms with Gasteiger partial charge in [-0.2, -0.15) is 5.26 Å². The van der Waals surface area contributed by atoms with Crippen LogP contribution in [0.5, 0.6) is 0 Å². The van der Waals surface area contributed by atoms with Gasteiger partial charge >= 0.3 is 0 Å². The summed E-state index contributed by atoms with van der Waals surface area (Å²) in [6.45, 7) is 2.39. The van der Waals surface area contributed by atoms with Crippen molar-refractivity contribution in [2.45, 2.75) is 13.0 Å². The van der Waals surface area contributed by atoms with Crippen molar-refractivity contribution in [3.05, 3.63) is 35.1 Å². The van der Waals surface area contributed by atoms with Gasteiger partial charge in [0.05, 0.1) is 31.5 Å². The maximum absolute atomic E-state index is 13.0. The third kappa shape index (κ3) is 3.26. The molecule has 1 aliphatic heterocycles. The Bertz CT molecular complexity index is 422. The minimum absolute atomic E-state index is 0.275. The maximum Gasteiger partial charge on any atom is 0.123 e. The van der Waals surface area contributed by atoms with E-state index in [-0.39, 0.29) is 12.4 Å². The molecule has 4 heteroatoms. The minimum Gasteiger partial charge on any atom is -0.381 e. The molecule has 0 bridgehead atoms. The highest BCUT2D eigenvalue weighted by atomic mass is 19.1. The van der Waals surface area contributed by atoms with Crippen molar-refractivity contribution >= 4 is 0 Å². The Balaban J connectivity index is 1.89. The first-order chi connectivity index (χ1) is 8.29. The average molecular weight is 235 g/mol. The van der Waals surface area contributed by atoms with Gasteiger partial charge in [-0.05, 0) is 30.2 Å². The predicted octanol–water partition coefficient (Wildman–Crippen LogP) is 2.25. The van der Waals surface area contributed by atoms with Crippen molar-refractivity contribution in [2.24, 2.45) is 5.92 Å². The van der Waals surface area contributed by atoms with E-state index in [1.54, 1.807) is 0 Å². The monoisotopic (exact) mass is 235 g/mol. The smallest absolute Gasteiger partial charge is 0.123 e. The predicted molar refractivity (Wildman–Crippen MR) is 59.7 cm³/mol. The zero-order chi connectivity index (χ0) is 12.1. The van der Waals surface area contributed by atoms with Crippen LogP contribution in [0.4, 0.5) is 4.39 Å². The summed E-state index contributed by atoms with van der Waals surface area (Å²) in [6, 6.07) is 6.14. The van der Waals surface area contributed by atoms with E-state index in [0.717, 1.165) is 19.6 Å². The van der Waals surface area contributed by atoms with Crippen molar-refractivity contribution in [1.29, 1.82) is 5.26 Å². The van der Waals surface area contributed by atoms with E-state index in [9.17, 15) is 4.39 Å². The third-order valence-electron chi connectivity index (χ3n) is 2.82. The fraction of sp³-hybridized carbons (Fsp3) is 0.462. The second kappa shape index (κ2) is 5.76. The number of benzene rings is 1.